The number of hydrogen-bond donors (Lipinski definition) is 3. The lowest BCUT2D eigenvalue weighted by atomic mass is 10.0. The van der Waals surface area contributed by atoms with Gasteiger partial charge in [0, 0.05) is 29.3 Å². The van der Waals surface area contributed by atoms with Crippen molar-refractivity contribution in [2.24, 2.45) is 0 Å². The molecular formula is C23H23N3O4S2. The Morgan fingerprint density at radius 3 is 2.62 bits per heavy atom. The number of anilines is 2. The molecular weight excluding hydrogens is 446 g/mol. The highest BCUT2D eigenvalue weighted by molar-refractivity contribution is 7.12. The van der Waals surface area contributed by atoms with E-state index in [4.69, 9.17) is 0 Å². The molecule has 32 heavy (non-hydrogen) atoms. The SMILES string of the molecule is O=C(NCCC(O)c1cccs1)C(=O)Nc1ccc2c(c1)CCCN2C(=O)c1cccs1. The summed E-state index contributed by atoms with van der Waals surface area (Å²) in [6, 6.07) is 12.7. The van der Waals surface area contributed by atoms with Gasteiger partial charge in [0.25, 0.3) is 5.91 Å². The molecule has 4 rings (SSSR count). The summed E-state index contributed by atoms with van der Waals surface area (Å²) < 4.78 is 0. The standard InChI is InChI=1S/C23H23N3O4S2/c27-18(19-5-2-12-31-19)9-10-24-21(28)22(29)25-16-7-8-17-15(14-16)4-1-11-26(17)23(30)20-6-3-13-32-20/h2-3,5-8,12-14,18,27H,1,4,9-11H2,(H,24,28)(H,25,29). The zero-order valence-electron chi connectivity index (χ0n) is 17.2. The van der Waals surface area contributed by atoms with Crippen LogP contribution in [0.15, 0.2) is 53.2 Å². The summed E-state index contributed by atoms with van der Waals surface area (Å²) >= 11 is 2.86. The van der Waals surface area contributed by atoms with Crippen LogP contribution in [0.25, 0.3) is 0 Å². The van der Waals surface area contributed by atoms with Crippen molar-refractivity contribution in [3.05, 3.63) is 68.5 Å². The van der Waals surface area contributed by atoms with E-state index in [0.717, 1.165) is 29.0 Å². The number of fused-ring (bicyclic) bond motifs is 1. The quantitative estimate of drug-likeness (QED) is 0.481. The smallest absolute Gasteiger partial charge is 0.313 e. The summed E-state index contributed by atoms with van der Waals surface area (Å²) in [6.45, 7) is 0.838. The number of carbonyl (C=O) groups excluding carboxylic acids is 3. The van der Waals surface area contributed by atoms with Crippen LogP contribution in [0.4, 0.5) is 11.4 Å². The Labute approximate surface area is 193 Å². The van der Waals surface area contributed by atoms with Gasteiger partial charge in [-0.25, -0.2) is 0 Å². The number of carbonyl (C=O) groups is 3. The molecule has 7 nitrogen and oxygen atoms in total. The van der Waals surface area contributed by atoms with E-state index in [-0.39, 0.29) is 12.5 Å². The topological polar surface area (TPSA) is 98.7 Å². The molecule has 1 atom stereocenters. The lowest BCUT2D eigenvalue weighted by Gasteiger charge is -2.29. The number of aliphatic hydroxyl groups excluding tert-OH is 1. The fourth-order valence-electron chi connectivity index (χ4n) is 3.63. The van der Waals surface area contributed by atoms with Crippen LogP contribution in [0.3, 0.4) is 0 Å². The van der Waals surface area contributed by atoms with Gasteiger partial charge in [0.05, 0.1) is 11.0 Å². The second-order valence-electron chi connectivity index (χ2n) is 7.41. The Bertz CT molecular complexity index is 1100. The van der Waals surface area contributed by atoms with E-state index in [9.17, 15) is 19.5 Å². The monoisotopic (exact) mass is 469 g/mol. The zero-order valence-corrected chi connectivity index (χ0v) is 18.9. The molecule has 3 aromatic rings. The van der Waals surface area contributed by atoms with E-state index in [1.54, 1.807) is 11.0 Å². The predicted octanol–water partition coefficient (Wildman–Crippen LogP) is 3.58. The first kappa shape index (κ1) is 22.2. The molecule has 1 aliphatic heterocycles. The van der Waals surface area contributed by atoms with Gasteiger partial charge in [-0.2, -0.15) is 0 Å². The third-order valence-corrected chi connectivity index (χ3v) is 7.05. The number of thiophene rings is 2. The van der Waals surface area contributed by atoms with Crippen molar-refractivity contribution in [1.82, 2.24) is 5.32 Å². The molecule has 0 saturated carbocycles. The number of aryl methyl sites for hydroxylation is 1. The summed E-state index contributed by atoms with van der Waals surface area (Å²) in [5, 5.41) is 19.0. The Hall–Kier alpha value is -3.01. The summed E-state index contributed by atoms with van der Waals surface area (Å²) in [4.78, 5) is 40.5. The van der Waals surface area contributed by atoms with Crippen molar-refractivity contribution in [3.8, 4) is 0 Å². The van der Waals surface area contributed by atoms with E-state index in [0.29, 0.717) is 23.5 Å². The van der Waals surface area contributed by atoms with Crippen LogP contribution in [0, 0.1) is 0 Å². The predicted molar refractivity (Wildman–Crippen MR) is 126 cm³/mol. The second-order valence-corrected chi connectivity index (χ2v) is 9.34. The summed E-state index contributed by atoms with van der Waals surface area (Å²) in [6.07, 6.45) is 1.28. The maximum absolute atomic E-state index is 12.8. The molecule has 166 valence electrons. The molecule has 0 bridgehead atoms. The fraction of sp³-hybridized carbons (Fsp3) is 0.261. The van der Waals surface area contributed by atoms with Gasteiger partial charge in [-0.15, -0.1) is 22.7 Å². The van der Waals surface area contributed by atoms with E-state index < -0.39 is 17.9 Å². The minimum absolute atomic E-state index is 0.0261. The number of amides is 3. The fourth-order valence-corrected chi connectivity index (χ4v) is 5.05. The summed E-state index contributed by atoms with van der Waals surface area (Å²) in [7, 11) is 0. The van der Waals surface area contributed by atoms with Gasteiger partial charge in [0.15, 0.2) is 0 Å². The number of rotatable bonds is 6. The van der Waals surface area contributed by atoms with Crippen LogP contribution >= 0.6 is 22.7 Å². The third kappa shape index (κ3) is 5.07. The van der Waals surface area contributed by atoms with E-state index in [1.165, 1.54) is 22.7 Å². The molecule has 0 spiro atoms. The van der Waals surface area contributed by atoms with Crippen LogP contribution in [-0.4, -0.2) is 35.9 Å². The first-order valence-corrected chi connectivity index (χ1v) is 12.1. The molecule has 3 N–H and O–H groups in total. The molecule has 3 amide bonds. The molecule has 3 heterocycles. The highest BCUT2D eigenvalue weighted by Crippen LogP contribution is 2.31. The average Bonchev–Trinajstić information content (AvgIpc) is 3.52. The molecule has 0 aliphatic carbocycles. The van der Waals surface area contributed by atoms with Crippen molar-refractivity contribution >= 4 is 51.8 Å². The summed E-state index contributed by atoms with van der Waals surface area (Å²) in [5.74, 6) is -1.55. The van der Waals surface area contributed by atoms with Gasteiger partial charge in [-0.3, -0.25) is 14.4 Å². The molecule has 0 fully saturated rings. The first-order valence-electron chi connectivity index (χ1n) is 10.3. The third-order valence-electron chi connectivity index (χ3n) is 5.21. The average molecular weight is 470 g/mol. The van der Waals surface area contributed by atoms with Gasteiger partial charge >= 0.3 is 11.8 Å². The van der Waals surface area contributed by atoms with E-state index in [2.05, 4.69) is 10.6 Å². The van der Waals surface area contributed by atoms with Crippen LogP contribution in [0.2, 0.25) is 0 Å². The van der Waals surface area contributed by atoms with Crippen molar-refractivity contribution in [2.45, 2.75) is 25.4 Å². The van der Waals surface area contributed by atoms with E-state index in [1.807, 2.05) is 47.2 Å². The molecule has 1 aliphatic rings. The number of nitrogens with zero attached hydrogens (tertiary/aromatic N) is 1. The Morgan fingerprint density at radius 1 is 1.06 bits per heavy atom. The number of hydrogen-bond acceptors (Lipinski definition) is 6. The highest BCUT2D eigenvalue weighted by Gasteiger charge is 2.25. The van der Waals surface area contributed by atoms with Crippen LogP contribution in [0.1, 0.15) is 39.1 Å². The zero-order chi connectivity index (χ0) is 22.5. The van der Waals surface area contributed by atoms with Crippen molar-refractivity contribution in [2.75, 3.05) is 23.3 Å². The maximum Gasteiger partial charge on any atom is 0.313 e. The Morgan fingerprint density at radius 2 is 1.88 bits per heavy atom. The highest BCUT2D eigenvalue weighted by atomic mass is 32.1. The maximum atomic E-state index is 12.8. The Balaban J connectivity index is 1.34. The molecule has 0 radical (unpaired) electrons. The normalized spacial score (nSPS) is 13.8. The minimum Gasteiger partial charge on any atom is -0.388 e. The van der Waals surface area contributed by atoms with Gasteiger partial charge in [-0.1, -0.05) is 12.1 Å². The van der Waals surface area contributed by atoms with Crippen molar-refractivity contribution < 1.29 is 19.5 Å². The van der Waals surface area contributed by atoms with E-state index >= 15 is 0 Å². The lowest BCUT2D eigenvalue weighted by molar-refractivity contribution is -0.136. The van der Waals surface area contributed by atoms with Gasteiger partial charge in [0.1, 0.15) is 0 Å². The lowest BCUT2D eigenvalue weighted by Crippen LogP contribution is -2.36. The van der Waals surface area contributed by atoms with Gasteiger partial charge in [-0.05, 0) is 65.9 Å². The Kier molecular flexibility index (Phi) is 6.99. The summed E-state index contributed by atoms with van der Waals surface area (Å²) in [5.41, 5.74) is 2.30. The molecule has 0 saturated heterocycles. The molecule has 2 aromatic heterocycles. The van der Waals surface area contributed by atoms with Crippen molar-refractivity contribution in [1.29, 1.82) is 0 Å². The molecule has 1 unspecified atom stereocenters. The van der Waals surface area contributed by atoms with Gasteiger partial charge < -0.3 is 20.6 Å². The second kappa shape index (κ2) is 10.1. The first-order chi connectivity index (χ1) is 15.5. The largest absolute Gasteiger partial charge is 0.388 e. The van der Waals surface area contributed by atoms with Gasteiger partial charge in [0.2, 0.25) is 0 Å². The van der Waals surface area contributed by atoms with Crippen molar-refractivity contribution in [3.63, 3.8) is 0 Å². The molecule has 1 aromatic carbocycles. The number of benzene rings is 1. The molecule has 9 heteroatoms. The van der Waals surface area contributed by atoms with Crippen LogP contribution < -0.4 is 15.5 Å². The van der Waals surface area contributed by atoms with Crippen LogP contribution in [0.5, 0.6) is 0 Å². The number of nitrogens with one attached hydrogen (secondary N) is 2. The minimum atomic E-state index is -0.766. The number of aliphatic hydroxyl groups is 1. The van der Waals surface area contributed by atoms with Crippen LogP contribution in [-0.2, 0) is 16.0 Å².